The topological polar surface area (TPSA) is 53.1 Å². The van der Waals surface area contributed by atoms with Gasteiger partial charge in [0.15, 0.2) is 5.16 Å². The Labute approximate surface area is 132 Å². The molecule has 0 bridgehead atoms. The molecule has 1 unspecified atom stereocenters. The van der Waals surface area contributed by atoms with Gasteiger partial charge in [-0.25, -0.2) is 9.97 Å². The summed E-state index contributed by atoms with van der Waals surface area (Å²) in [5.41, 5.74) is 0. The highest BCUT2D eigenvalue weighted by molar-refractivity contribution is 7.98. The number of rotatable bonds is 8. The summed E-state index contributed by atoms with van der Waals surface area (Å²) in [6.45, 7) is 8.76. The highest BCUT2D eigenvalue weighted by Gasteiger charge is 2.17. The Morgan fingerprint density at radius 3 is 2.52 bits per heavy atom. The largest absolute Gasteiger partial charge is 0.370 e. The van der Waals surface area contributed by atoms with Crippen molar-refractivity contribution in [3.8, 4) is 0 Å². The molecule has 0 amide bonds. The summed E-state index contributed by atoms with van der Waals surface area (Å²) in [4.78, 5) is 11.6. The van der Waals surface area contributed by atoms with Gasteiger partial charge in [-0.15, -0.1) is 0 Å². The van der Waals surface area contributed by atoms with Crippen LogP contribution in [0.3, 0.4) is 0 Å². The maximum absolute atomic E-state index is 4.54. The fourth-order valence-electron chi connectivity index (χ4n) is 2.51. The molecule has 2 heterocycles. The average molecular weight is 309 g/mol. The number of aromatic nitrogens is 2. The second-order valence-corrected chi connectivity index (χ2v) is 6.30. The van der Waals surface area contributed by atoms with Crippen molar-refractivity contribution in [1.29, 1.82) is 0 Å². The number of nitrogens with zero attached hydrogens (tertiary/aromatic N) is 3. The predicted octanol–water partition coefficient (Wildman–Crippen LogP) is 2.92. The lowest BCUT2D eigenvalue weighted by atomic mass is 10.3. The van der Waals surface area contributed by atoms with Crippen LogP contribution in [0.4, 0.5) is 11.6 Å². The Bertz CT molecular complexity index is 434. The van der Waals surface area contributed by atoms with Gasteiger partial charge in [0.25, 0.3) is 0 Å². The Balaban J connectivity index is 1.94. The molecule has 0 aliphatic carbocycles. The maximum Gasteiger partial charge on any atom is 0.191 e. The monoisotopic (exact) mass is 309 g/mol. The molecule has 2 rings (SSSR count). The summed E-state index contributed by atoms with van der Waals surface area (Å²) >= 11 is 1.58. The van der Waals surface area contributed by atoms with Crippen molar-refractivity contribution in [3.05, 3.63) is 6.07 Å². The standard InChI is InChI=1S/C15H27N5S/c1-4-7-16-13-10-14(19-15(18-13)21-3)17-11-12(2)20-8-5-6-9-20/h10,12H,4-9,11H2,1-3H3,(H2,16,17,18,19). The summed E-state index contributed by atoms with van der Waals surface area (Å²) < 4.78 is 0. The normalized spacial score (nSPS) is 16.9. The van der Waals surface area contributed by atoms with Crippen LogP contribution in [0.1, 0.15) is 33.1 Å². The molecule has 0 aromatic carbocycles. The van der Waals surface area contributed by atoms with Gasteiger partial charge in [0, 0.05) is 25.2 Å². The first-order valence-corrected chi connectivity index (χ1v) is 9.10. The lowest BCUT2D eigenvalue weighted by molar-refractivity contribution is 0.269. The zero-order chi connectivity index (χ0) is 15.1. The first-order valence-electron chi connectivity index (χ1n) is 7.87. The van der Waals surface area contributed by atoms with Crippen molar-refractivity contribution < 1.29 is 0 Å². The highest BCUT2D eigenvalue weighted by atomic mass is 32.2. The van der Waals surface area contributed by atoms with E-state index in [9.17, 15) is 0 Å². The van der Waals surface area contributed by atoms with E-state index in [1.807, 2.05) is 12.3 Å². The fraction of sp³-hybridized carbons (Fsp3) is 0.733. The van der Waals surface area contributed by atoms with Crippen LogP contribution in [0.5, 0.6) is 0 Å². The molecule has 1 atom stereocenters. The second kappa shape index (κ2) is 8.44. The molecule has 118 valence electrons. The predicted molar refractivity (Wildman–Crippen MR) is 91.4 cm³/mol. The maximum atomic E-state index is 4.54. The van der Waals surface area contributed by atoms with Gasteiger partial charge in [-0.2, -0.15) is 0 Å². The van der Waals surface area contributed by atoms with Crippen LogP contribution >= 0.6 is 11.8 Å². The van der Waals surface area contributed by atoms with Crippen molar-refractivity contribution in [3.63, 3.8) is 0 Å². The van der Waals surface area contributed by atoms with E-state index in [-0.39, 0.29) is 0 Å². The summed E-state index contributed by atoms with van der Waals surface area (Å²) in [7, 11) is 0. The van der Waals surface area contributed by atoms with Crippen molar-refractivity contribution in [2.75, 3.05) is 43.1 Å². The van der Waals surface area contributed by atoms with Crippen LogP contribution in [-0.2, 0) is 0 Å². The van der Waals surface area contributed by atoms with E-state index < -0.39 is 0 Å². The first-order chi connectivity index (χ1) is 10.2. The minimum Gasteiger partial charge on any atom is -0.370 e. The van der Waals surface area contributed by atoms with Crippen molar-refractivity contribution in [2.24, 2.45) is 0 Å². The molecule has 1 aromatic heterocycles. The van der Waals surface area contributed by atoms with Crippen molar-refractivity contribution in [2.45, 2.75) is 44.3 Å². The third-order valence-corrected chi connectivity index (χ3v) is 4.33. The number of likely N-dealkylation sites (tertiary alicyclic amines) is 1. The summed E-state index contributed by atoms with van der Waals surface area (Å²) in [6.07, 6.45) is 5.77. The van der Waals surface area contributed by atoms with Crippen LogP contribution in [0, 0.1) is 0 Å². The number of hydrogen-bond donors (Lipinski definition) is 2. The van der Waals surface area contributed by atoms with E-state index in [0.29, 0.717) is 6.04 Å². The van der Waals surface area contributed by atoms with Gasteiger partial charge in [-0.05, 0) is 45.5 Å². The van der Waals surface area contributed by atoms with E-state index in [0.717, 1.165) is 36.3 Å². The van der Waals surface area contributed by atoms with E-state index >= 15 is 0 Å². The van der Waals surface area contributed by atoms with E-state index in [4.69, 9.17) is 0 Å². The Kier molecular flexibility index (Phi) is 6.57. The van der Waals surface area contributed by atoms with Crippen molar-refractivity contribution in [1.82, 2.24) is 14.9 Å². The zero-order valence-corrected chi connectivity index (χ0v) is 14.2. The molecule has 21 heavy (non-hydrogen) atoms. The van der Waals surface area contributed by atoms with Gasteiger partial charge >= 0.3 is 0 Å². The van der Waals surface area contributed by atoms with Gasteiger partial charge in [-0.1, -0.05) is 18.7 Å². The Hall–Kier alpha value is -1.01. The summed E-state index contributed by atoms with van der Waals surface area (Å²) in [6, 6.07) is 2.55. The lowest BCUT2D eigenvalue weighted by Gasteiger charge is -2.24. The molecule has 1 aliphatic rings. The van der Waals surface area contributed by atoms with E-state index in [1.54, 1.807) is 11.8 Å². The van der Waals surface area contributed by atoms with Crippen LogP contribution in [-0.4, -0.2) is 53.3 Å². The average Bonchev–Trinajstić information content (AvgIpc) is 3.04. The van der Waals surface area contributed by atoms with Gasteiger partial charge in [0.1, 0.15) is 11.6 Å². The van der Waals surface area contributed by atoms with Crippen LogP contribution in [0.15, 0.2) is 11.2 Å². The quantitative estimate of drug-likeness (QED) is 0.569. The molecule has 0 radical (unpaired) electrons. The van der Waals surface area contributed by atoms with Crippen LogP contribution in [0.2, 0.25) is 0 Å². The molecule has 6 heteroatoms. The molecule has 1 aliphatic heterocycles. The third-order valence-electron chi connectivity index (χ3n) is 3.79. The summed E-state index contributed by atoms with van der Waals surface area (Å²) in [5.74, 6) is 1.83. The van der Waals surface area contributed by atoms with Gasteiger partial charge in [0.05, 0.1) is 0 Å². The first kappa shape index (κ1) is 16.4. The third kappa shape index (κ3) is 5.04. The van der Waals surface area contributed by atoms with Gasteiger partial charge in [0.2, 0.25) is 0 Å². The molecular formula is C15H27N5S. The van der Waals surface area contributed by atoms with E-state index in [1.165, 1.54) is 25.9 Å². The van der Waals surface area contributed by atoms with Gasteiger partial charge < -0.3 is 10.6 Å². The highest BCUT2D eigenvalue weighted by Crippen LogP contribution is 2.18. The molecule has 1 fully saturated rings. The Morgan fingerprint density at radius 1 is 1.24 bits per heavy atom. The van der Waals surface area contributed by atoms with Crippen LogP contribution in [0.25, 0.3) is 0 Å². The smallest absolute Gasteiger partial charge is 0.191 e. The molecular weight excluding hydrogens is 282 g/mol. The zero-order valence-electron chi connectivity index (χ0n) is 13.4. The molecule has 0 saturated carbocycles. The summed E-state index contributed by atoms with van der Waals surface area (Å²) in [5, 5.41) is 7.62. The molecule has 2 N–H and O–H groups in total. The SMILES string of the molecule is CCCNc1cc(NCC(C)N2CCCC2)nc(SC)n1. The minimum atomic E-state index is 0.548. The number of anilines is 2. The Morgan fingerprint density at radius 2 is 1.90 bits per heavy atom. The molecule has 1 saturated heterocycles. The molecule has 1 aromatic rings. The number of thioether (sulfide) groups is 1. The molecule has 0 spiro atoms. The minimum absolute atomic E-state index is 0.548. The second-order valence-electron chi connectivity index (χ2n) is 5.52. The number of hydrogen-bond acceptors (Lipinski definition) is 6. The molecule has 5 nitrogen and oxygen atoms in total. The number of nitrogens with one attached hydrogen (secondary N) is 2. The fourth-order valence-corrected chi connectivity index (χ4v) is 2.89. The van der Waals surface area contributed by atoms with Gasteiger partial charge in [-0.3, -0.25) is 4.90 Å². The van der Waals surface area contributed by atoms with Crippen LogP contribution < -0.4 is 10.6 Å². The van der Waals surface area contributed by atoms with Crippen molar-refractivity contribution >= 4 is 23.4 Å². The lowest BCUT2D eigenvalue weighted by Crippen LogP contribution is -2.35. The van der Waals surface area contributed by atoms with E-state index in [2.05, 4.69) is 39.3 Å².